The van der Waals surface area contributed by atoms with Crippen LogP contribution in [0.15, 0.2) is 83.1 Å². The van der Waals surface area contributed by atoms with Gasteiger partial charge in [0, 0.05) is 24.8 Å². The minimum absolute atomic E-state index is 0.113. The molecule has 0 saturated heterocycles. The number of nitrogens with one attached hydrogen (secondary N) is 1. The summed E-state index contributed by atoms with van der Waals surface area (Å²) in [5.41, 5.74) is 2.80. The summed E-state index contributed by atoms with van der Waals surface area (Å²) in [7, 11) is -3.62. The van der Waals surface area contributed by atoms with Crippen LogP contribution in [-0.2, 0) is 16.4 Å². The molecule has 0 bridgehead atoms. The molecule has 0 radical (unpaired) electrons. The molecule has 0 fully saturated rings. The predicted octanol–water partition coefficient (Wildman–Crippen LogP) is 2.80. The van der Waals surface area contributed by atoms with Crippen LogP contribution >= 0.6 is 0 Å². The quantitative estimate of drug-likeness (QED) is 0.550. The van der Waals surface area contributed by atoms with Crippen LogP contribution < -0.4 is 5.32 Å². The molecule has 0 aliphatic heterocycles. The van der Waals surface area contributed by atoms with Gasteiger partial charge in [0.25, 0.3) is 5.91 Å². The lowest BCUT2D eigenvalue weighted by molar-refractivity contribution is 0.0950. The Labute approximate surface area is 168 Å². The molecule has 0 aliphatic carbocycles. The molecular formula is C21H18N4O3S. The van der Waals surface area contributed by atoms with Gasteiger partial charge in [0.2, 0.25) is 9.84 Å². The van der Waals surface area contributed by atoms with E-state index in [2.05, 4.69) is 15.3 Å². The third kappa shape index (κ3) is 3.88. The molecule has 4 rings (SSSR count). The number of hydrogen-bond acceptors (Lipinski definition) is 5. The van der Waals surface area contributed by atoms with Crippen molar-refractivity contribution in [2.75, 3.05) is 0 Å². The second kappa shape index (κ2) is 7.48. The fourth-order valence-corrected chi connectivity index (χ4v) is 4.06. The number of fused-ring (bicyclic) bond motifs is 1. The third-order valence-corrected chi connectivity index (χ3v) is 6.28. The Morgan fingerprint density at radius 3 is 2.48 bits per heavy atom. The van der Waals surface area contributed by atoms with Crippen LogP contribution in [0.4, 0.5) is 0 Å². The van der Waals surface area contributed by atoms with Crippen molar-refractivity contribution in [3.63, 3.8) is 0 Å². The molecule has 1 aromatic carbocycles. The van der Waals surface area contributed by atoms with Gasteiger partial charge in [-0.3, -0.25) is 9.78 Å². The van der Waals surface area contributed by atoms with Crippen LogP contribution in [0.1, 0.15) is 21.6 Å². The number of hydrogen-bond donors (Lipinski definition) is 1. The van der Waals surface area contributed by atoms with Crippen LogP contribution in [0.2, 0.25) is 0 Å². The number of aryl methyl sites for hydroxylation is 1. The van der Waals surface area contributed by atoms with Gasteiger partial charge >= 0.3 is 0 Å². The van der Waals surface area contributed by atoms with E-state index < -0.39 is 9.84 Å². The zero-order valence-corrected chi connectivity index (χ0v) is 16.4. The van der Waals surface area contributed by atoms with Gasteiger partial charge in [0.1, 0.15) is 5.65 Å². The summed E-state index contributed by atoms with van der Waals surface area (Å²) in [5, 5.41) is 2.78. The van der Waals surface area contributed by atoms with E-state index in [1.807, 2.05) is 6.92 Å². The molecule has 29 heavy (non-hydrogen) atoms. The van der Waals surface area contributed by atoms with Crippen LogP contribution in [0.5, 0.6) is 0 Å². The summed E-state index contributed by atoms with van der Waals surface area (Å²) in [6.07, 6.45) is 6.44. The zero-order valence-electron chi connectivity index (χ0n) is 15.6. The van der Waals surface area contributed by atoms with Gasteiger partial charge in [-0.15, -0.1) is 0 Å². The summed E-state index contributed by atoms with van der Waals surface area (Å²) in [6.45, 7) is 2.08. The van der Waals surface area contributed by atoms with Crippen molar-refractivity contribution in [1.82, 2.24) is 19.7 Å². The normalized spacial score (nSPS) is 11.5. The number of aromatic nitrogens is 3. The van der Waals surface area contributed by atoms with E-state index in [1.165, 1.54) is 12.3 Å². The molecule has 7 nitrogen and oxygen atoms in total. The number of carbonyl (C=O) groups is 1. The van der Waals surface area contributed by atoms with E-state index in [1.54, 1.807) is 65.5 Å². The number of rotatable bonds is 5. The molecule has 3 heterocycles. The predicted molar refractivity (Wildman–Crippen MR) is 107 cm³/mol. The summed E-state index contributed by atoms with van der Waals surface area (Å²) in [6, 6.07) is 13.2. The standard InChI is InChI=1S/C21H18N4O3S/c1-15-2-6-18(7-3-15)29(27,28)19-8-5-17(23-13-19)12-24-21(26)16-4-9-20-22-10-11-25(20)14-16/h2-11,13-14H,12H2,1H3,(H,24,26). The first-order chi connectivity index (χ1) is 13.9. The summed E-state index contributed by atoms with van der Waals surface area (Å²) in [5.74, 6) is -0.251. The average molecular weight is 406 g/mol. The number of carbonyl (C=O) groups excluding carboxylic acids is 1. The topological polar surface area (TPSA) is 93.4 Å². The number of pyridine rings is 2. The monoisotopic (exact) mass is 406 g/mol. The summed E-state index contributed by atoms with van der Waals surface area (Å²) >= 11 is 0. The van der Waals surface area contributed by atoms with Crippen LogP contribution in [0.3, 0.4) is 0 Å². The average Bonchev–Trinajstić information content (AvgIpc) is 3.20. The number of amides is 1. The molecule has 8 heteroatoms. The molecule has 1 amide bonds. The minimum Gasteiger partial charge on any atom is -0.346 e. The van der Waals surface area contributed by atoms with Gasteiger partial charge in [0.05, 0.1) is 27.6 Å². The number of benzene rings is 1. The highest BCUT2D eigenvalue weighted by Crippen LogP contribution is 2.20. The summed E-state index contributed by atoms with van der Waals surface area (Å²) < 4.78 is 27.1. The van der Waals surface area contributed by atoms with E-state index in [9.17, 15) is 13.2 Å². The first-order valence-electron chi connectivity index (χ1n) is 8.91. The van der Waals surface area contributed by atoms with Crippen molar-refractivity contribution < 1.29 is 13.2 Å². The van der Waals surface area contributed by atoms with Crippen molar-refractivity contribution in [2.45, 2.75) is 23.3 Å². The van der Waals surface area contributed by atoms with E-state index in [4.69, 9.17) is 0 Å². The fraction of sp³-hybridized carbons (Fsp3) is 0.0952. The van der Waals surface area contributed by atoms with Crippen molar-refractivity contribution in [2.24, 2.45) is 0 Å². The smallest absolute Gasteiger partial charge is 0.253 e. The Balaban J connectivity index is 1.45. The Morgan fingerprint density at radius 2 is 1.76 bits per heavy atom. The van der Waals surface area contributed by atoms with Crippen molar-refractivity contribution >= 4 is 21.4 Å². The highest BCUT2D eigenvalue weighted by molar-refractivity contribution is 7.91. The number of imidazole rings is 1. The van der Waals surface area contributed by atoms with Gasteiger partial charge in [0.15, 0.2) is 0 Å². The zero-order chi connectivity index (χ0) is 20.4. The van der Waals surface area contributed by atoms with E-state index >= 15 is 0 Å². The Kier molecular flexibility index (Phi) is 4.85. The van der Waals surface area contributed by atoms with Crippen LogP contribution in [-0.4, -0.2) is 28.7 Å². The van der Waals surface area contributed by atoms with Gasteiger partial charge < -0.3 is 9.72 Å². The molecule has 146 valence electrons. The lowest BCUT2D eigenvalue weighted by Crippen LogP contribution is -2.23. The van der Waals surface area contributed by atoms with Crippen LogP contribution in [0, 0.1) is 6.92 Å². The summed E-state index contributed by atoms with van der Waals surface area (Å²) in [4.78, 5) is 21.0. The second-order valence-electron chi connectivity index (χ2n) is 6.59. The number of nitrogens with zero attached hydrogens (tertiary/aromatic N) is 3. The van der Waals surface area contributed by atoms with Crippen molar-refractivity contribution in [3.8, 4) is 0 Å². The van der Waals surface area contributed by atoms with Gasteiger partial charge in [-0.2, -0.15) is 0 Å². The SMILES string of the molecule is Cc1ccc(S(=O)(=O)c2ccc(CNC(=O)c3ccc4nccn4c3)nc2)cc1. The molecule has 0 aliphatic rings. The second-order valence-corrected chi connectivity index (χ2v) is 8.54. The molecule has 3 aromatic heterocycles. The third-order valence-electron chi connectivity index (χ3n) is 4.52. The fourth-order valence-electron chi connectivity index (χ4n) is 2.86. The molecule has 0 atom stereocenters. The molecule has 0 unspecified atom stereocenters. The van der Waals surface area contributed by atoms with Crippen LogP contribution in [0.25, 0.3) is 5.65 Å². The van der Waals surface area contributed by atoms with E-state index in [-0.39, 0.29) is 22.2 Å². The first kappa shape index (κ1) is 18.8. The number of sulfone groups is 1. The van der Waals surface area contributed by atoms with Gasteiger partial charge in [-0.25, -0.2) is 13.4 Å². The van der Waals surface area contributed by atoms with E-state index in [0.29, 0.717) is 11.3 Å². The molecule has 0 saturated carbocycles. The highest BCUT2D eigenvalue weighted by atomic mass is 32.2. The largest absolute Gasteiger partial charge is 0.346 e. The highest BCUT2D eigenvalue weighted by Gasteiger charge is 2.18. The lowest BCUT2D eigenvalue weighted by Gasteiger charge is -2.08. The van der Waals surface area contributed by atoms with Crippen molar-refractivity contribution in [3.05, 3.63) is 90.1 Å². The molecule has 4 aromatic rings. The maximum absolute atomic E-state index is 12.7. The molecule has 1 N–H and O–H groups in total. The maximum Gasteiger partial charge on any atom is 0.253 e. The minimum atomic E-state index is -3.62. The van der Waals surface area contributed by atoms with Gasteiger partial charge in [-0.05, 0) is 43.3 Å². The van der Waals surface area contributed by atoms with Gasteiger partial charge in [-0.1, -0.05) is 17.7 Å². The first-order valence-corrected chi connectivity index (χ1v) is 10.4. The Hall–Kier alpha value is -3.52. The molecular weight excluding hydrogens is 388 g/mol. The Morgan fingerprint density at radius 1 is 1.00 bits per heavy atom. The maximum atomic E-state index is 12.7. The van der Waals surface area contributed by atoms with E-state index in [0.717, 1.165) is 11.2 Å². The lowest BCUT2D eigenvalue weighted by atomic mass is 10.2. The Bertz CT molecular complexity index is 1280. The molecule has 0 spiro atoms. The van der Waals surface area contributed by atoms with Crippen molar-refractivity contribution in [1.29, 1.82) is 0 Å².